The summed E-state index contributed by atoms with van der Waals surface area (Å²) in [5, 5.41) is 3.42. The first-order valence-corrected chi connectivity index (χ1v) is 10.3. The minimum Gasteiger partial charge on any atom is -0.452 e. The lowest BCUT2D eigenvalue weighted by molar-refractivity contribution is -0.124. The number of aryl methyl sites for hydroxylation is 1. The van der Waals surface area contributed by atoms with Crippen molar-refractivity contribution in [3.05, 3.63) is 53.7 Å². The number of ether oxygens (including phenoxy) is 1. The topological polar surface area (TPSA) is 68.3 Å². The Kier molecular flexibility index (Phi) is 6.36. The number of hydrogen-bond acceptors (Lipinski definition) is 4. The highest BCUT2D eigenvalue weighted by atomic mass is 16.5. The van der Waals surface area contributed by atoms with Crippen LogP contribution in [0.2, 0.25) is 0 Å². The van der Waals surface area contributed by atoms with Gasteiger partial charge in [0.05, 0.1) is 11.1 Å². The van der Waals surface area contributed by atoms with E-state index >= 15 is 0 Å². The minimum absolute atomic E-state index is 0.190. The number of fused-ring (bicyclic) bond motifs is 2. The lowest BCUT2D eigenvalue weighted by atomic mass is 9.68. The molecule has 0 fully saturated rings. The van der Waals surface area contributed by atoms with Crippen LogP contribution in [0.4, 0.5) is 0 Å². The molecule has 1 N–H and O–H groups in total. The van der Waals surface area contributed by atoms with Crippen molar-refractivity contribution in [3.8, 4) is 0 Å². The Morgan fingerprint density at radius 3 is 2.83 bits per heavy atom. The largest absolute Gasteiger partial charge is 0.452 e. The third kappa shape index (κ3) is 4.50. The SMILES string of the molecule is C=CCNC(=O)COC(=O)c1c2c(nc3ccccc13)CCC(C(C)(C)CC)C2. The molecule has 29 heavy (non-hydrogen) atoms. The molecule has 5 heteroatoms. The van der Waals surface area contributed by atoms with Crippen LogP contribution in [0, 0.1) is 11.3 Å². The first-order chi connectivity index (χ1) is 13.9. The number of carbonyl (C=O) groups is 2. The van der Waals surface area contributed by atoms with Crippen LogP contribution in [-0.4, -0.2) is 30.0 Å². The van der Waals surface area contributed by atoms with Crippen molar-refractivity contribution in [2.75, 3.05) is 13.2 Å². The maximum Gasteiger partial charge on any atom is 0.339 e. The Morgan fingerprint density at radius 2 is 2.10 bits per heavy atom. The second-order valence-corrected chi connectivity index (χ2v) is 8.38. The minimum atomic E-state index is -0.455. The van der Waals surface area contributed by atoms with E-state index in [1.54, 1.807) is 6.08 Å². The van der Waals surface area contributed by atoms with Gasteiger partial charge in [0.25, 0.3) is 5.91 Å². The molecule has 5 nitrogen and oxygen atoms in total. The predicted octanol–water partition coefficient (Wildman–Crippen LogP) is 4.23. The van der Waals surface area contributed by atoms with Gasteiger partial charge < -0.3 is 10.1 Å². The van der Waals surface area contributed by atoms with Gasteiger partial charge in [-0.15, -0.1) is 6.58 Å². The quantitative estimate of drug-likeness (QED) is 0.563. The normalized spacial score (nSPS) is 16.2. The first-order valence-electron chi connectivity index (χ1n) is 10.3. The van der Waals surface area contributed by atoms with E-state index in [2.05, 4.69) is 32.7 Å². The molecule has 1 aromatic heterocycles. The fourth-order valence-electron chi connectivity index (χ4n) is 4.02. The van der Waals surface area contributed by atoms with E-state index in [0.29, 0.717) is 18.0 Å². The van der Waals surface area contributed by atoms with Gasteiger partial charge in [0.2, 0.25) is 0 Å². The molecular weight excluding hydrogens is 364 g/mol. The highest BCUT2D eigenvalue weighted by molar-refractivity contribution is 6.05. The number of esters is 1. The molecule has 1 aliphatic carbocycles. The summed E-state index contributed by atoms with van der Waals surface area (Å²) in [7, 11) is 0. The third-order valence-electron chi connectivity index (χ3n) is 6.26. The highest BCUT2D eigenvalue weighted by Crippen LogP contribution is 2.41. The molecule has 0 aliphatic heterocycles. The molecule has 0 saturated carbocycles. The molecule has 2 aromatic rings. The van der Waals surface area contributed by atoms with E-state index in [4.69, 9.17) is 9.72 Å². The molecule has 3 rings (SSSR count). The Labute approximate surface area is 172 Å². The summed E-state index contributed by atoms with van der Waals surface area (Å²) < 4.78 is 5.40. The molecule has 1 unspecified atom stereocenters. The van der Waals surface area contributed by atoms with Crippen molar-refractivity contribution in [3.63, 3.8) is 0 Å². The third-order valence-corrected chi connectivity index (χ3v) is 6.26. The number of carbonyl (C=O) groups excluding carboxylic acids is 2. The van der Waals surface area contributed by atoms with Crippen molar-refractivity contribution < 1.29 is 14.3 Å². The van der Waals surface area contributed by atoms with E-state index < -0.39 is 5.97 Å². The number of amides is 1. The molecule has 0 spiro atoms. The fraction of sp³-hybridized carbons (Fsp3) is 0.458. The average molecular weight is 395 g/mol. The summed E-state index contributed by atoms with van der Waals surface area (Å²) in [4.78, 5) is 29.8. The molecule has 0 bridgehead atoms. The summed E-state index contributed by atoms with van der Waals surface area (Å²) in [6.45, 7) is 10.4. The lowest BCUT2D eigenvalue weighted by Gasteiger charge is -2.37. The number of pyridine rings is 1. The predicted molar refractivity (Wildman–Crippen MR) is 115 cm³/mol. The molecule has 1 amide bonds. The van der Waals surface area contributed by atoms with E-state index in [-0.39, 0.29) is 17.9 Å². The molecular formula is C24H30N2O3. The Bertz CT molecular complexity index is 933. The second-order valence-electron chi connectivity index (χ2n) is 8.38. The van der Waals surface area contributed by atoms with E-state index in [1.165, 1.54) is 0 Å². The number of nitrogens with zero attached hydrogens (tertiary/aromatic N) is 1. The molecule has 1 heterocycles. The van der Waals surface area contributed by atoms with E-state index in [9.17, 15) is 9.59 Å². The van der Waals surface area contributed by atoms with E-state index in [1.807, 2.05) is 24.3 Å². The van der Waals surface area contributed by atoms with Gasteiger partial charge in [-0.1, -0.05) is 51.5 Å². The number of hydrogen-bond donors (Lipinski definition) is 1. The van der Waals surface area contributed by atoms with Crippen molar-refractivity contribution in [1.82, 2.24) is 10.3 Å². The van der Waals surface area contributed by atoms with Crippen LogP contribution in [0.1, 0.15) is 55.2 Å². The van der Waals surface area contributed by atoms with E-state index in [0.717, 1.165) is 47.8 Å². The van der Waals surface area contributed by atoms with Gasteiger partial charge in [0.15, 0.2) is 6.61 Å². The summed E-state index contributed by atoms with van der Waals surface area (Å²) in [5.41, 5.74) is 3.52. The summed E-state index contributed by atoms with van der Waals surface area (Å²) >= 11 is 0. The Hall–Kier alpha value is -2.69. The maximum atomic E-state index is 13.1. The molecule has 1 atom stereocenters. The smallest absolute Gasteiger partial charge is 0.339 e. The number of rotatable bonds is 7. The van der Waals surface area contributed by atoms with Crippen LogP contribution in [0.3, 0.4) is 0 Å². The van der Waals surface area contributed by atoms with Crippen LogP contribution < -0.4 is 5.32 Å². The summed E-state index contributed by atoms with van der Waals surface area (Å²) in [6.07, 6.45) is 5.40. The zero-order valence-corrected chi connectivity index (χ0v) is 17.6. The fourth-order valence-corrected chi connectivity index (χ4v) is 4.02. The van der Waals surface area contributed by atoms with Gasteiger partial charge in [-0.05, 0) is 42.2 Å². The summed E-state index contributed by atoms with van der Waals surface area (Å²) in [5.74, 6) is -0.315. The maximum absolute atomic E-state index is 13.1. The number of benzene rings is 1. The van der Waals surface area contributed by atoms with Crippen molar-refractivity contribution in [2.45, 2.75) is 46.5 Å². The second kappa shape index (κ2) is 8.76. The van der Waals surface area contributed by atoms with Gasteiger partial charge in [0.1, 0.15) is 0 Å². The van der Waals surface area contributed by atoms with Crippen LogP contribution in [0.25, 0.3) is 10.9 Å². The van der Waals surface area contributed by atoms with Gasteiger partial charge in [0, 0.05) is 17.6 Å². The standard InChI is InChI=1S/C24H30N2O3/c1-5-13-25-21(27)15-29-23(28)22-17-9-7-8-10-19(17)26-20-12-11-16(14-18(20)22)24(3,4)6-2/h5,7-10,16H,1,6,11-15H2,2-4H3,(H,25,27). The van der Waals surface area contributed by atoms with Crippen molar-refractivity contribution in [1.29, 1.82) is 0 Å². The van der Waals surface area contributed by atoms with Gasteiger partial charge in [-0.3, -0.25) is 9.78 Å². The van der Waals surface area contributed by atoms with Gasteiger partial charge in [-0.2, -0.15) is 0 Å². The lowest BCUT2D eigenvalue weighted by Crippen LogP contribution is -2.31. The van der Waals surface area contributed by atoms with Gasteiger partial charge >= 0.3 is 5.97 Å². The van der Waals surface area contributed by atoms with Crippen LogP contribution in [0.15, 0.2) is 36.9 Å². The van der Waals surface area contributed by atoms with Crippen LogP contribution in [-0.2, 0) is 22.4 Å². The Morgan fingerprint density at radius 1 is 1.34 bits per heavy atom. The number of nitrogens with one attached hydrogen (secondary N) is 1. The summed E-state index contributed by atoms with van der Waals surface area (Å²) in [6, 6.07) is 7.66. The van der Waals surface area contributed by atoms with Crippen LogP contribution >= 0.6 is 0 Å². The number of aromatic nitrogens is 1. The first kappa shape index (κ1) is 21.0. The monoisotopic (exact) mass is 394 g/mol. The zero-order chi connectivity index (χ0) is 21.0. The Balaban J connectivity index is 1.96. The van der Waals surface area contributed by atoms with Crippen molar-refractivity contribution >= 4 is 22.8 Å². The molecule has 154 valence electrons. The van der Waals surface area contributed by atoms with Crippen molar-refractivity contribution in [2.24, 2.45) is 11.3 Å². The zero-order valence-electron chi connectivity index (χ0n) is 17.6. The molecule has 0 radical (unpaired) electrons. The molecule has 1 aromatic carbocycles. The highest BCUT2D eigenvalue weighted by Gasteiger charge is 2.34. The number of para-hydroxylation sites is 1. The molecule has 0 saturated heterocycles. The average Bonchev–Trinajstić information content (AvgIpc) is 2.73. The van der Waals surface area contributed by atoms with Gasteiger partial charge in [-0.25, -0.2) is 4.79 Å². The van der Waals surface area contributed by atoms with Crippen LogP contribution in [0.5, 0.6) is 0 Å². The molecule has 1 aliphatic rings.